The van der Waals surface area contributed by atoms with E-state index in [1.54, 1.807) is 13.2 Å². The van der Waals surface area contributed by atoms with Crippen molar-refractivity contribution in [3.63, 3.8) is 0 Å². The van der Waals surface area contributed by atoms with E-state index in [1.165, 1.54) is 17.3 Å². The molecule has 32 heavy (non-hydrogen) atoms. The number of aromatic nitrogens is 1. The number of unbranched alkanes of at least 4 members (excludes halogenated alkanes) is 2. The van der Waals surface area contributed by atoms with Crippen LogP contribution in [0.25, 0.3) is 22.2 Å². The molecule has 3 rings (SSSR count). The minimum atomic E-state index is -0.940. The quantitative estimate of drug-likeness (QED) is 0.246. The first-order chi connectivity index (χ1) is 15.6. The number of fused-ring (bicyclic) bond motifs is 1. The Labute approximate surface area is 189 Å². The topological polar surface area (TPSA) is 69.9 Å². The summed E-state index contributed by atoms with van der Waals surface area (Å²) in [5, 5.41) is 11.2. The summed E-state index contributed by atoms with van der Waals surface area (Å²) in [6, 6.07) is 16.1. The van der Waals surface area contributed by atoms with Crippen molar-refractivity contribution in [2.45, 2.75) is 38.8 Å². The Morgan fingerprint density at radius 2 is 1.97 bits per heavy atom. The molecule has 0 fully saturated rings. The molecule has 0 saturated heterocycles. The van der Waals surface area contributed by atoms with E-state index in [9.17, 15) is 9.90 Å². The number of aliphatic hydroxyl groups excluding tert-OH is 1. The molecular formula is C26H31NO5. The van der Waals surface area contributed by atoms with Crippen molar-refractivity contribution >= 4 is 16.9 Å². The van der Waals surface area contributed by atoms with Gasteiger partial charge < -0.3 is 23.9 Å². The van der Waals surface area contributed by atoms with Crippen LogP contribution in [0.4, 0.5) is 0 Å². The van der Waals surface area contributed by atoms with Gasteiger partial charge in [0, 0.05) is 29.1 Å². The van der Waals surface area contributed by atoms with Crippen LogP contribution in [0.1, 0.15) is 26.2 Å². The van der Waals surface area contributed by atoms with Crippen LogP contribution in [-0.2, 0) is 16.1 Å². The van der Waals surface area contributed by atoms with E-state index in [4.69, 9.17) is 14.2 Å². The fourth-order valence-electron chi connectivity index (χ4n) is 3.65. The Morgan fingerprint density at radius 1 is 1.16 bits per heavy atom. The molecule has 1 heterocycles. The van der Waals surface area contributed by atoms with E-state index in [0.29, 0.717) is 5.75 Å². The van der Waals surface area contributed by atoms with Gasteiger partial charge in [-0.05, 0) is 36.8 Å². The molecule has 0 bridgehead atoms. The lowest BCUT2D eigenvalue weighted by atomic mass is 10.1. The summed E-state index contributed by atoms with van der Waals surface area (Å²) in [4.78, 5) is 11.2. The Hall–Kier alpha value is -3.25. The molecular weight excluding hydrogens is 406 g/mol. The second-order valence-corrected chi connectivity index (χ2v) is 7.61. The number of rotatable bonds is 12. The SMILES string of the molecule is C=CC(=O)OCC(O)COc1ccc(OC)c(-c2cc3ccccc3n2CCCCC)c1. The van der Waals surface area contributed by atoms with Crippen molar-refractivity contribution < 1.29 is 24.1 Å². The second-order valence-electron chi connectivity index (χ2n) is 7.61. The maximum atomic E-state index is 11.2. The fourth-order valence-corrected chi connectivity index (χ4v) is 3.65. The van der Waals surface area contributed by atoms with Crippen LogP contribution < -0.4 is 9.47 Å². The van der Waals surface area contributed by atoms with E-state index in [1.807, 2.05) is 18.2 Å². The number of aliphatic hydroxyl groups is 1. The maximum Gasteiger partial charge on any atom is 0.330 e. The van der Waals surface area contributed by atoms with Gasteiger partial charge in [0.2, 0.25) is 0 Å². The highest BCUT2D eigenvalue weighted by Gasteiger charge is 2.16. The molecule has 0 saturated carbocycles. The number of carbonyl (C=O) groups excluding carboxylic acids is 1. The zero-order valence-corrected chi connectivity index (χ0v) is 18.8. The number of para-hydroxylation sites is 1. The highest BCUT2D eigenvalue weighted by Crippen LogP contribution is 2.37. The smallest absolute Gasteiger partial charge is 0.330 e. The monoisotopic (exact) mass is 437 g/mol. The predicted octanol–water partition coefficient (Wildman–Crippen LogP) is 4.98. The summed E-state index contributed by atoms with van der Waals surface area (Å²) in [6.07, 6.45) is 3.54. The van der Waals surface area contributed by atoms with Gasteiger partial charge >= 0.3 is 5.97 Å². The van der Waals surface area contributed by atoms with Gasteiger partial charge in [-0.3, -0.25) is 0 Å². The van der Waals surface area contributed by atoms with E-state index in [-0.39, 0.29) is 13.2 Å². The van der Waals surface area contributed by atoms with Gasteiger partial charge in [-0.2, -0.15) is 0 Å². The average Bonchev–Trinajstić information content (AvgIpc) is 3.19. The van der Waals surface area contributed by atoms with Gasteiger partial charge in [-0.15, -0.1) is 0 Å². The van der Waals surface area contributed by atoms with Gasteiger partial charge in [-0.25, -0.2) is 4.79 Å². The number of aryl methyl sites for hydroxylation is 1. The molecule has 1 unspecified atom stereocenters. The lowest BCUT2D eigenvalue weighted by molar-refractivity contribution is -0.141. The van der Waals surface area contributed by atoms with Crippen molar-refractivity contribution in [2.75, 3.05) is 20.3 Å². The molecule has 2 aromatic carbocycles. The molecule has 1 atom stereocenters. The second kappa shape index (κ2) is 11.4. The van der Waals surface area contributed by atoms with Crippen molar-refractivity contribution in [3.05, 3.63) is 61.2 Å². The van der Waals surface area contributed by atoms with Crippen LogP contribution >= 0.6 is 0 Å². The first-order valence-electron chi connectivity index (χ1n) is 10.9. The van der Waals surface area contributed by atoms with Gasteiger partial charge in [0.15, 0.2) is 0 Å². The summed E-state index contributed by atoms with van der Waals surface area (Å²) >= 11 is 0. The third kappa shape index (κ3) is 5.71. The number of hydrogen-bond donors (Lipinski definition) is 1. The fraction of sp³-hybridized carbons (Fsp3) is 0.346. The summed E-state index contributed by atoms with van der Waals surface area (Å²) in [5.74, 6) is 0.768. The van der Waals surface area contributed by atoms with E-state index < -0.39 is 12.1 Å². The Kier molecular flexibility index (Phi) is 8.34. The highest BCUT2D eigenvalue weighted by atomic mass is 16.5. The number of esters is 1. The zero-order chi connectivity index (χ0) is 22.9. The summed E-state index contributed by atoms with van der Waals surface area (Å²) in [6.45, 7) is 6.29. The molecule has 0 aliphatic rings. The number of carbonyl (C=O) groups is 1. The number of nitrogens with zero attached hydrogens (tertiary/aromatic N) is 1. The highest BCUT2D eigenvalue weighted by molar-refractivity contribution is 5.88. The lowest BCUT2D eigenvalue weighted by Crippen LogP contribution is -2.24. The Bertz CT molecular complexity index is 1060. The summed E-state index contributed by atoms with van der Waals surface area (Å²) < 4.78 is 18.6. The lowest BCUT2D eigenvalue weighted by Gasteiger charge is -2.16. The largest absolute Gasteiger partial charge is 0.496 e. The van der Waals surface area contributed by atoms with E-state index in [2.05, 4.69) is 42.3 Å². The average molecular weight is 438 g/mol. The molecule has 0 amide bonds. The van der Waals surface area contributed by atoms with E-state index >= 15 is 0 Å². The first-order valence-corrected chi connectivity index (χ1v) is 10.9. The predicted molar refractivity (Wildman–Crippen MR) is 126 cm³/mol. The van der Waals surface area contributed by atoms with Gasteiger partial charge in [0.1, 0.15) is 30.8 Å². The van der Waals surface area contributed by atoms with Gasteiger partial charge in [0.05, 0.1) is 12.8 Å². The minimum Gasteiger partial charge on any atom is -0.496 e. The normalized spacial score (nSPS) is 11.8. The van der Waals surface area contributed by atoms with Crippen molar-refractivity contribution in [2.24, 2.45) is 0 Å². The Balaban J connectivity index is 1.87. The van der Waals surface area contributed by atoms with Gasteiger partial charge in [-0.1, -0.05) is 44.5 Å². The van der Waals surface area contributed by atoms with Crippen molar-refractivity contribution in [1.29, 1.82) is 0 Å². The van der Waals surface area contributed by atoms with Gasteiger partial charge in [0.25, 0.3) is 0 Å². The maximum absolute atomic E-state index is 11.2. The van der Waals surface area contributed by atoms with Crippen LogP contribution in [0.3, 0.4) is 0 Å². The molecule has 0 radical (unpaired) electrons. The molecule has 1 N–H and O–H groups in total. The molecule has 0 aliphatic carbocycles. The molecule has 3 aromatic rings. The van der Waals surface area contributed by atoms with Crippen LogP contribution in [0.5, 0.6) is 11.5 Å². The molecule has 170 valence electrons. The number of methoxy groups -OCH3 is 1. The minimum absolute atomic E-state index is 0.00429. The third-order valence-corrected chi connectivity index (χ3v) is 5.27. The number of hydrogen-bond acceptors (Lipinski definition) is 5. The molecule has 6 heteroatoms. The van der Waals surface area contributed by atoms with Crippen molar-refractivity contribution in [1.82, 2.24) is 4.57 Å². The number of ether oxygens (including phenoxy) is 3. The summed E-state index contributed by atoms with van der Waals surface area (Å²) in [5.41, 5.74) is 3.17. The van der Waals surface area contributed by atoms with Crippen LogP contribution in [-0.4, -0.2) is 42.1 Å². The van der Waals surface area contributed by atoms with Crippen LogP contribution in [0.15, 0.2) is 61.2 Å². The van der Waals surface area contributed by atoms with Crippen LogP contribution in [0, 0.1) is 0 Å². The Morgan fingerprint density at radius 3 is 2.72 bits per heavy atom. The zero-order valence-electron chi connectivity index (χ0n) is 18.8. The van der Waals surface area contributed by atoms with Crippen molar-refractivity contribution in [3.8, 4) is 22.8 Å². The van der Waals surface area contributed by atoms with E-state index in [0.717, 1.165) is 42.5 Å². The summed E-state index contributed by atoms with van der Waals surface area (Å²) in [7, 11) is 1.65. The molecule has 1 aromatic heterocycles. The first kappa shape index (κ1) is 23.4. The number of benzene rings is 2. The molecule has 0 spiro atoms. The molecule has 0 aliphatic heterocycles. The third-order valence-electron chi connectivity index (χ3n) is 5.27. The molecule has 6 nitrogen and oxygen atoms in total. The van der Waals surface area contributed by atoms with Crippen LogP contribution in [0.2, 0.25) is 0 Å². The standard InChI is InChI=1S/C26H31NO5/c1-4-6-9-14-27-23-11-8-7-10-19(23)15-24(27)22-16-21(12-13-25(22)30-3)31-17-20(28)18-32-26(29)5-2/h5,7-8,10-13,15-16,20,28H,2,4,6,9,14,17-18H2,1,3H3.